The summed E-state index contributed by atoms with van der Waals surface area (Å²) >= 11 is 0. The second kappa shape index (κ2) is 17.6. The molecule has 8 heteroatoms. The molecule has 67 heavy (non-hydrogen) atoms. The maximum Gasteiger partial charge on any atom is 0.147 e. The van der Waals surface area contributed by atoms with Gasteiger partial charge in [0.1, 0.15) is 39.6 Å². The highest BCUT2D eigenvalue weighted by Gasteiger charge is 2.38. The first-order valence-corrected chi connectivity index (χ1v) is 23.2. The van der Waals surface area contributed by atoms with E-state index in [1.165, 1.54) is 11.1 Å². The monoisotopic (exact) mass is 889 g/mol. The lowest BCUT2D eigenvalue weighted by molar-refractivity contribution is 0.254. The second-order valence-corrected chi connectivity index (χ2v) is 21.2. The Morgan fingerprint density at radius 1 is 0.478 bits per heavy atom. The van der Waals surface area contributed by atoms with Gasteiger partial charge in [0.15, 0.2) is 0 Å². The van der Waals surface area contributed by atoms with Crippen LogP contribution in [0.5, 0.6) is 11.5 Å². The summed E-state index contributed by atoms with van der Waals surface area (Å²) in [6.07, 6.45) is 1.58. The Labute approximate surface area is 396 Å². The number of fused-ring (bicyclic) bond motifs is 1. The minimum atomic E-state index is -0.646. The molecule has 1 aromatic heterocycles. The van der Waals surface area contributed by atoms with Gasteiger partial charge in [0.2, 0.25) is 0 Å². The molecule has 0 aliphatic carbocycles. The molecule has 7 aromatic carbocycles. The van der Waals surface area contributed by atoms with Crippen molar-refractivity contribution in [3.05, 3.63) is 202 Å². The predicted octanol–water partition coefficient (Wildman–Crippen LogP) is 14.7. The van der Waals surface area contributed by atoms with Crippen LogP contribution >= 0.6 is 0 Å². The molecule has 0 fully saturated rings. The van der Waals surface area contributed by atoms with Crippen LogP contribution in [0, 0.1) is 5.41 Å². The Bertz CT molecular complexity index is 3060. The smallest absolute Gasteiger partial charge is 0.147 e. The summed E-state index contributed by atoms with van der Waals surface area (Å²) in [5.41, 5.74) is 15.8. The van der Waals surface area contributed by atoms with Gasteiger partial charge in [-0.25, -0.2) is 0 Å². The number of anilines is 1. The Balaban J connectivity index is 1.18. The van der Waals surface area contributed by atoms with E-state index in [4.69, 9.17) is 15.9 Å². The molecular weight excluding hydrogens is 825 g/mol. The van der Waals surface area contributed by atoms with Crippen LogP contribution in [0.1, 0.15) is 120 Å². The van der Waals surface area contributed by atoms with Crippen LogP contribution in [-0.2, 0) is 28.1 Å². The fourth-order valence-electron chi connectivity index (χ4n) is 10.2. The molecule has 8 aromatic rings. The standard InChI is InChI=1S/C59H64N6O2/c1-55(2,38-56(3,4)42-33-45(58(7,8)41-26-15-12-16-27-41)53(66)51(35-42)62-61-48-30-20-19-29-47(48)60)37-39-23-17-18-28-44(39)59(9,10)46-34-43(57(5,6)40-24-13-11-14-25-40)36-52(54(46)67)65-63-49-31-21-22-32-50(49)64-65/h11-36,66-67H,37-38,60H2,1-10H3. The lowest BCUT2D eigenvalue weighted by atomic mass is 9.66. The Kier molecular flexibility index (Phi) is 12.2. The number of phenolic OH excluding ortho intramolecular Hbond substituents is 2. The van der Waals surface area contributed by atoms with E-state index >= 15 is 0 Å². The Hall–Kier alpha value is -7.06. The number of phenols is 2. The summed E-state index contributed by atoms with van der Waals surface area (Å²) < 4.78 is 0. The maximum absolute atomic E-state index is 12.5. The fraction of sp³-hybridized carbons (Fsp3) is 0.288. The molecule has 0 amide bonds. The van der Waals surface area contributed by atoms with Gasteiger partial charge in [-0.15, -0.1) is 25.2 Å². The maximum atomic E-state index is 12.5. The van der Waals surface area contributed by atoms with Crippen molar-refractivity contribution >= 4 is 28.1 Å². The molecule has 0 radical (unpaired) electrons. The predicted molar refractivity (Wildman–Crippen MR) is 275 cm³/mol. The number of aromatic nitrogens is 3. The van der Waals surface area contributed by atoms with Gasteiger partial charge in [0, 0.05) is 27.4 Å². The first kappa shape index (κ1) is 46.5. The summed E-state index contributed by atoms with van der Waals surface area (Å²) in [5.74, 6) is 0.249. The molecule has 0 aliphatic rings. The van der Waals surface area contributed by atoms with Gasteiger partial charge >= 0.3 is 0 Å². The van der Waals surface area contributed by atoms with Crippen molar-refractivity contribution in [3.63, 3.8) is 0 Å². The normalized spacial score (nSPS) is 12.9. The van der Waals surface area contributed by atoms with Crippen molar-refractivity contribution in [2.45, 2.75) is 104 Å². The van der Waals surface area contributed by atoms with Crippen LogP contribution in [0.2, 0.25) is 0 Å². The number of aromatic hydroxyl groups is 2. The highest BCUT2D eigenvalue weighted by molar-refractivity contribution is 5.74. The Morgan fingerprint density at radius 2 is 0.985 bits per heavy atom. The lowest BCUT2D eigenvalue weighted by Crippen LogP contribution is -2.30. The summed E-state index contributed by atoms with van der Waals surface area (Å²) in [6.45, 7) is 22.4. The molecule has 1 heterocycles. The van der Waals surface area contributed by atoms with E-state index in [1.54, 1.807) is 10.9 Å². The zero-order valence-electron chi connectivity index (χ0n) is 40.6. The van der Waals surface area contributed by atoms with Gasteiger partial charge in [-0.1, -0.05) is 191 Å². The van der Waals surface area contributed by atoms with Crippen LogP contribution in [-0.4, -0.2) is 25.2 Å². The topological polar surface area (TPSA) is 122 Å². The van der Waals surface area contributed by atoms with Crippen LogP contribution in [0.15, 0.2) is 168 Å². The van der Waals surface area contributed by atoms with Crippen LogP contribution in [0.4, 0.5) is 17.1 Å². The number of hydrogen-bond acceptors (Lipinski definition) is 7. The second-order valence-electron chi connectivity index (χ2n) is 21.2. The first-order chi connectivity index (χ1) is 31.7. The number of benzene rings is 7. The number of nitrogens with two attached hydrogens (primary N) is 1. The number of nitrogens with zero attached hydrogens (tertiary/aromatic N) is 5. The van der Waals surface area contributed by atoms with Crippen molar-refractivity contribution in [1.82, 2.24) is 15.0 Å². The first-order valence-electron chi connectivity index (χ1n) is 23.2. The summed E-state index contributed by atoms with van der Waals surface area (Å²) in [4.78, 5) is 1.58. The molecule has 0 aliphatic heterocycles. The highest BCUT2D eigenvalue weighted by atomic mass is 16.3. The molecule has 0 saturated heterocycles. The van der Waals surface area contributed by atoms with E-state index in [-0.39, 0.29) is 22.3 Å². The minimum absolute atomic E-state index is 0.0984. The van der Waals surface area contributed by atoms with Crippen molar-refractivity contribution in [2.24, 2.45) is 15.6 Å². The third-order valence-electron chi connectivity index (χ3n) is 14.0. The van der Waals surface area contributed by atoms with E-state index in [2.05, 4.69) is 152 Å². The van der Waals surface area contributed by atoms with Gasteiger partial charge in [-0.05, 0) is 93.5 Å². The third-order valence-corrected chi connectivity index (χ3v) is 14.0. The number of azo groups is 1. The number of nitrogen functional groups attached to an aromatic ring is 1. The summed E-state index contributed by atoms with van der Waals surface area (Å²) in [6, 6.07) is 52.9. The minimum Gasteiger partial charge on any atom is -0.505 e. The van der Waals surface area contributed by atoms with E-state index in [0.717, 1.165) is 57.3 Å². The third kappa shape index (κ3) is 9.22. The SMILES string of the molecule is CC(C)(Cc1ccccc1C(C)(C)c1cc(C(C)(C)c2ccccc2)cc(-n2nc3ccccc3n2)c1O)CC(C)(C)c1cc(N=Nc2ccccc2N)c(O)c(C(C)(C)c2ccccc2)c1. The molecule has 0 bridgehead atoms. The van der Waals surface area contributed by atoms with Crippen molar-refractivity contribution in [1.29, 1.82) is 0 Å². The molecule has 0 spiro atoms. The van der Waals surface area contributed by atoms with E-state index in [1.807, 2.05) is 78.9 Å². The number of rotatable bonds is 14. The fourth-order valence-corrected chi connectivity index (χ4v) is 10.2. The molecule has 0 atom stereocenters. The molecular formula is C59H64N6O2. The van der Waals surface area contributed by atoms with E-state index < -0.39 is 16.2 Å². The molecule has 0 unspecified atom stereocenters. The lowest BCUT2D eigenvalue weighted by Gasteiger charge is -2.38. The summed E-state index contributed by atoms with van der Waals surface area (Å²) in [5, 5.41) is 43.4. The number of hydrogen-bond donors (Lipinski definition) is 3. The van der Waals surface area contributed by atoms with E-state index in [0.29, 0.717) is 22.7 Å². The summed E-state index contributed by atoms with van der Waals surface area (Å²) in [7, 11) is 0. The Morgan fingerprint density at radius 3 is 1.61 bits per heavy atom. The highest BCUT2D eigenvalue weighted by Crippen LogP contribution is 2.49. The molecule has 8 rings (SSSR count). The van der Waals surface area contributed by atoms with Crippen molar-refractivity contribution < 1.29 is 10.2 Å². The van der Waals surface area contributed by atoms with Gasteiger partial charge < -0.3 is 15.9 Å². The number of para-hydroxylation sites is 1. The zero-order valence-corrected chi connectivity index (χ0v) is 40.6. The quantitative estimate of drug-likeness (QED) is 0.0741. The van der Waals surface area contributed by atoms with Crippen molar-refractivity contribution in [2.75, 3.05) is 5.73 Å². The molecule has 4 N–H and O–H groups in total. The van der Waals surface area contributed by atoms with Crippen LogP contribution in [0.3, 0.4) is 0 Å². The average molecular weight is 889 g/mol. The molecule has 0 saturated carbocycles. The van der Waals surface area contributed by atoms with Gasteiger partial charge in [-0.3, -0.25) is 0 Å². The molecule has 8 nitrogen and oxygen atoms in total. The van der Waals surface area contributed by atoms with Gasteiger partial charge in [0.05, 0.1) is 5.69 Å². The average Bonchev–Trinajstić information content (AvgIpc) is 3.73. The zero-order chi connectivity index (χ0) is 47.9. The van der Waals surface area contributed by atoms with Gasteiger partial charge in [-0.2, -0.15) is 0 Å². The largest absolute Gasteiger partial charge is 0.505 e. The van der Waals surface area contributed by atoms with Crippen LogP contribution in [0.25, 0.3) is 16.7 Å². The van der Waals surface area contributed by atoms with Gasteiger partial charge in [0.25, 0.3) is 0 Å². The molecule has 342 valence electrons. The van der Waals surface area contributed by atoms with E-state index in [9.17, 15) is 10.2 Å². The van der Waals surface area contributed by atoms with Crippen LogP contribution < -0.4 is 5.73 Å². The van der Waals surface area contributed by atoms with Crippen molar-refractivity contribution in [3.8, 4) is 17.2 Å².